The zero-order valence-electron chi connectivity index (χ0n) is 20.2. The fourth-order valence-corrected chi connectivity index (χ4v) is 6.00. The number of aryl methyl sites for hydroxylation is 1. The molecular weight excluding hydrogens is 478 g/mol. The molecule has 1 amide bonds. The monoisotopic (exact) mass is 507 g/mol. The van der Waals surface area contributed by atoms with Crippen LogP contribution >= 0.6 is 11.3 Å². The van der Waals surface area contributed by atoms with Crippen LogP contribution in [0, 0.1) is 10.1 Å². The van der Waals surface area contributed by atoms with Crippen molar-refractivity contribution in [1.29, 1.82) is 0 Å². The predicted octanol–water partition coefficient (Wildman–Crippen LogP) is 4.56. The van der Waals surface area contributed by atoms with Crippen molar-refractivity contribution in [2.45, 2.75) is 32.2 Å². The summed E-state index contributed by atoms with van der Waals surface area (Å²) >= 11 is 1.55. The normalized spacial score (nSPS) is 16.3. The van der Waals surface area contributed by atoms with E-state index in [2.05, 4.69) is 22.2 Å². The van der Waals surface area contributed by atoms with Gasteiger partial charge in [0.05, 0.1) is 23.3 Å². The third-order valence-electron chi connectivity index (χ3n) is 6.77. The Bertz CT molecular complexity index is 1280. The van der Waals surface area contributed by atoms with Gasteiger partial charge in [0, 0.05) is 60.7 Å². The van der Waals surface area contributed by atoms with E-state index in [1.807, 2.05) is 6.07 Å². The molecule has 3 aromatic rings. The first kappa shape index (κ1) is 24.2. The molecule has 1 fully saturated rings. The quantitative estimate of drug-likeness (QED) is 0.286. The highest BCUT2D eigenvalue weighted by molar-refractivity contribution is 7.16. The van der Waals surface area contributed by atoms with Crippen LogP contribution in [0.2, 0.25) is 0 Å². The van der Waals surface area contributed by atoms with Crippen molar-refractivity contribution in [1.82, 2.24) is 10.2 Å². The smallest absolute Gasteiger partial charge is 0.270 e. The first-order valence-corrected chi connectivity index (χ1v) is 13.0. The fraction of sp³-hybridized carbons (Fsp3) is 0.385. The van der Waals surface area contributed by atoms with Crippen LogP contribution in [-0.2, 0) is 19.4 Å². The maximum Gasteiger partial charge on any atom is 0.270 e. The van der Waals surface area contributed by atoms with Gasteiger partial charge >= 0.3 is 0 Å². The van der Waals surface area contributed by atoms with Gasteiger partial charge in [-0.2, -0.15) is 0 Å². The Morgan fingerprint density at radius 3 is 2.78 bits per heavy atom. The molecule has 10 heteroatoms. The summed E-state index contributed by atoms with van der Waals surface area (Å²) in [6, 6.07) is 8.54. The maximum atomic E-state index is 13.3. The molecule has 0 unspecified atom stereocenters. The first-order valence-electron chi connectivity index (χ1n) is 12.2. The van der Waals surface area contributed by atoms with E-state index >= 15 is 0 Å². The number of aliphatic imine (C=N–C) groups is 1. The van der Waals surface area contributed by atoms with E-state index in [1.54, 1.807) is 48.1 Å². The fourth-order valence-electron chi connectivity index (χ4n) is 4.77. The van der Waals surface area contributed by atoms with Gasteiger partial charge in [0.2, 0.25) is 0 Å². The summed E-state index contributed by atoms with van der Waals surface area (Å²) in [5, 5.41) is 15.1. The lowest BCUT2D eigenvalue weighted by molar-refractivity contribution is -0.384. The molecular formula is C26H29N5O4S. The Morgan fingerprint density at radius 1 is 1.22 bits per heavy atom. The van der Waals surface area contributed by atoms with Gasteiger partial charge in [-0.05, 0) is 56.5 Å². The van der Waals surface area contributed by atoms with Gasteiger partial charge in [-0.25, -0.2) is 4.99 Å². The van der Waals surface area contributed by atoms with Crippen LogP contribution in [0.5, 0.6) is 0 Å². The molecule has 0 atom stereocenters. The molecule has 36 heavy (non-hydrogen) atoms. The summed E-state index contributed by atoms with van der Waals surface area (Å²) in [6.07, 6.45) is 7.21. The van der Waals surface area contributed by atoms with Gasteiger partial charge in [-0.15, -0.1) is 11.3 Å². The summed E-state index contributed by atoms with van der Waals surface area (Å²) in [5.41, 5.74) is 3.32. The number of nitrogens with one attached hydrogen (secondary N) is 1. The summed E-state index contributed by atoms with van der Waals surface area (Å²) < 4.78 is 5.35. The third-order valence-corrected chi connectivity index (χ3v) is 7.97. The van der Waals surface area contributed by atoms with Crippen LogP contribution in [0.3, 0.4) is 0 Å². The zero-order chi connectivity index (χ0) is 25.1. The van der Waals surface area contributed by atoms with Crippen molar-refractivity contribution in [3.63, 3.8) is 0 Å². The van der Waals surface area contributed by atoms with E-state index in [4.69, 9.17) is 9.41 Å². The molecule has 5 rings (SSSR count). The van der Waals surface area contributed by atoms with Crippen molar-refractivity contribution >= 4 is 39.8 Å². The van der Waals surface area contributed by atoms with E-state index in [0.29, 0.717) is 28.4 Å². The minimum atomic E-state index is -0.386. The number of rotatable bonds is 7. The second kappa shape index (κ2) is 10.6. The number of benzene rings is 1. The number of hydrogen-bond donors (Lipinski definition) is 1. The molecule has 2 aliphatic rings. The van der Waals surface area contributed by atoms with Gasteiger partial charge in [0.1, 0.15) is 10.8 Å². The standard InChI is InChI=1S/C26H29N5O4S/c1-29-10-12-30(13-11-29)22-9-8-19(31(33)34)15-18(22)16-28-26-24(21-6-2-3-7-23(21)36-26)25(32)27-17-20-5-4-14-35-20/h4-5,8-9,14-16H,2-3,6-7,10-13,17H2,1H3,(H,27,32). The number of piperazine rings is 1. The molecule has 1 aromatic carbocycles. The van der Waals surface area contributed by atoms with E-state index in [0.717, 1.165) is 63.1 Å². The second-order valence-electron chi connectivity index (χ2n) is 9.20. The number of amides is 1. The number of nitro benzene ring substituents is 1. The van der Waals surface area contributed by atoms with E-state index in [9.17, 15) is 14.9 Å². The molecule has 1 N–H and O–H groups in total. The van der Waals surface area contributed by atoms with Crippen molar-refractivity contribution in [3.05, 3.63) is 74.0 Å². The van der Waals surface area contributed by atoms with Gasteiger partial charge < -0.3 is 19.5 Å². The number of carbonyl (C=O) groups excluding carboxylic acids is 1. The number of likely N-dealkylation sites (N-methyl/N-ethyl adjacent to an activating group) is 1. The summed E-state index contributed by atoms with van der Waals surface area (Å²) in [6.45, 7) is 3.82. The van der Waals surface area contributed by atoms with Crippen LogP contribution in [0.4, 0.5) is 16.4 Å². The van der Waals surface area contributed by atoms with Crippen molar-refractivity contribution in [2.75, 3.05) is 38.1 Å². The molecule has 188 valence electrons. The molecule has 3 heterocycles. The van der Waals surface area contributed by atoms with E-state index in [-0.39, 0.29) is 16.5 Å². The van der Waals surface area contributed by atoms with Crippen molar-refractivity contribution < 1.29 is 14.1 Å². The van der Waals surface area contributed by atoms with Gasteiger partial charge in [0.15, 0.2) is 0 Å². The second-order valence-corrected chi connectivity index (χ2v) is 10.3. The van der Waals surface area contributed by atoms with Gasteiger partial charge in [0.25, 0.3) is 11.6 Å². The number of non-ortho nitro benzene ring substituents is 1. The van der Waals surface area contributed by atoms with Crippen molar-refractivity contribution in [2.24, 2.45) is 4.99 Å². The Hall–Kier alpha value is -3.50. The Kier molecular flexibility index (Phi) is 7.15. The molecule has 1 saturated heterocycles. The summed E-state index contributed by atoms with van der Waals surface area (Å²) in [4.78, 5) is 34.8. The van der Waals surface area contributed by atoms with Crippen LogP contribution < -0.4 is 10.2 Å². The Labute approximate surface area is 213 Å². The average Bonchev–Trinajstić information content (AvgIpc) is 3.54. The maximum absolute atomic E-state index is 13.3. The van der Waals surface area contributed by atoms with E-state index in [1.165, 1.54) is 4.88 Å². The minimum absolute atomic E-state index is 0.0243. The summed E-state index contributed by atoms with van der Waals surface area (Å²) in [7, 11) is 2.09. The number of furan rings is 1. The highest BCUT2D eigenvalue weighted by Crippen LogP contribution is 2.40. The van der Waals surface area contributed by atoms with Gasteiger partial charge in [-0.1, -0.05) is 0 Å². The number of nitro groups is 1. The number of hydrogen-bond acceptors (Lipinski definition) is 8. The minimum Gasteiger partial charge on any atom is -0.467 e. The molecule has 1 aliphatic carbocycles. The van der Waals surface area contributed by atoms with Gasteiger partial charge in [-0.3, -0.25) is 14.9 Å². The van der Waals surface area contributed by atoms with Crippen LogP contribution in [-0.4, -0.2) is 55.2 Å². The lowest BCUT2D eigenvalue weighted by atomic mass is 9.95. The first-order chi connectivity index (χ1) is 17.5. The number of anilines is 1. The molecule has 2 aromatic heterocycles. The Balaban J connectivity index is 1.47. The lowest BCUT2D eigenvalue weighted by Crippen LogP contribution is -2.44. The molecule has 0 saturated carbocycles. The molecule has 9 nitrogen and oxygen atoms in total. The Morgan fingerprint density at radius 2 is 2.03 bits per heavy atom. The molecule has 0 spiro atoms. The molecule has 0 bridgehead atoms. The van der Waals surface area contributed by atoms with Crippen LogP contribution in [0.15, 0.2) is 46.0 Å². The SMILES string of the molecule is CN1CCN(c2ccc([N+](=O)[O-])cc2C=Nc2sc3c(c2C(=O)NCc2ccco2)CCCC3)CC1. The number of nitrogens with zero attached hydrogens (tertiary/aromatic N) is 4. The van der Waals surface area contributed by atoms with E-state index < -0.39 is 0 Å². The largest absolute Gasteiger partial charge is 0.467 e. The average molecular weight is 508 g/mol. The lowest BCUT2D eigenvalue weighted by Gasteiger charge is -2.34. The number of fused-ring (bicyclic) bond motifs is 1. The highest BCUT2D eigenvalue weighted by atomic mass is 32.1. The molecule has 1 aliphatic heterocycles. The predicted molar refractivity (Wildman–Crippen MR) is 141 cm³/mol. The molecule has 0 radical (unpaired) electrons. The number of thiophene rings is 1. The highest BCUT2D eigenvalue weighted by Gasteiger charge is 2.26. The zero-order valence-corrected chi connectivity index (χ0v) is 21.1. The number of carbonyl (C=O) groups is 1. The van der Waals surface area contributed by atoms with Crippen LogP contribution in [0.25, 0.3) is 0 Å². The summed E-state index contributed by atoms with van der Waals surface area (Å²) in [5.74, 6) is 0.516. The van der Waals surface area contributed by atoms with Crippen LogP contribution in [0.1, 0.15) is 45.0 Å². The topological polar surface area (TPSA) is 104 Å². The third kappa shape index (κ3) is 5.19. The van der Waals surface area contributed by atoms with Crippen molar-refractivity contribution in [3.8, 4) is 0 Å².